The van der Waals surface area contributed by atoms with E-state index in [9.17, 15) is 4.79 Å². The van der Waals surface area contributed by atoms with Crippen LogP contribution >= 0.6 is 0 Å². The Morgan fingerprint density at radius 3 is 2.71 bits per heavy atom. The van der Waals surface area contributed by atoms with Crippen LogP contribution in [0.1, 0.15) is 30.7 Å². The third-order valence-electron chi connectivity index (χ3n) is 4.74. The second kappa shape index (κ2) is 6.58. The van der Waals surface area contributed by atoms with Crippen molar-refractivity contribution >= 4 is 5.91 Å². The molecule has 0 aromatic heterocycles. The molecule has 4 nitrogen and oxygen atoms in total. The van der Waals surface area contributed by atoms with Gasteiger partial charge in [-0.25, -0.2) is 0 Å². The highest BCUT2D eigenvalue weighted by Gasteiger charge is 2.38. The minimum absolute atomic E-state index is 0.159. The molecule has 1 amide bonds. The Labute approximate surface area is 126 Å². The molecular formula is C17H24N2O2. The number of ether oxygens (including phenoxy) is 1. The molecule has 4 heteroatoms. The van der Waals surface area contributed by atoms with E-state index in [0.717, 1.165) is 32.4 Å². The number of nitrogens with zero attached hydrogens (tertiary/aromatic N) is 1. The van der Waals surface area contributed by atoms with Crippen molar-refractivity contribution in [3.63, 3.8) is 0 Å². The minimum atomic E-state index is -0.230. The molecule has 0 saturated carbocycles. The zero-order valence-corrected chi connectivity index (χ0v) is 12.4. The molecule has 2 aliphatic heterocycles. The molecule has 1 aromatic rings. The molecule has 1 aromatic carbocycles. The summed E-state index contributed by atoms with van der Waals surface area (Å²) < 4.78 is 5.64. The molecule has 0 radical (unpaired) electrons. The predicted molar refractivity (Wildman–Crippen MR) is 81.9 cm³/mol. The van der Waals surface area contributed by atoms with Gasteiger partial charge in [0.15, 0.2) is 0 Å². The standard InChI is InChI=1S/C17H24N2O2/c18-10-14-11-19(17(20)16-8-4-5-9-21-16)12-15(14)13-6-2-1-3-7-13/h1-3,6-7,14-16H,4-5,8-12,18H2/t14-,15+,16?/m1/s1. The second-order valence-corrected chi connectivity index (χ2v) is 6.11. The summed E-state index contributed by atoms with van der Waals surface area (Å²) in [4.78, 5) is 14.6. The van der Waals surface area contributed by atoms with Crippen LogP contribution in [0.3, 0.4) is 0 Å². The molecule has 114 valence electrons. The van der Waals surface area contributed by atoms with Crippen molar-refractivity contribution in [2.45, 2.75) is 31.3 Å². The molecule has 21 heavy (non-hydrogen) atoms. The highest BCUT2D eigenvalue weighted by atomic mass is 16.5. The number of hydrogen-bond donors (Lipinski definition) is 1. The third-order valence-corrected chi connectivity index (χ3v) is 4.74. The number of carbonyl (C=O) groups is 1. The Morgan fingerprint density at radius 1 is 1.24 bits per heavy atom. The van der Waals surface area contributed by atoms with Crippen LogP contribution in [-0.4, -0.2) is 43.2 Å². The van der Waals surface area contributed by atoms with E-state index in [4.69, 9.17) is 10.5 Å². The smallest absolute Gasteiger partial charge is 0.251 e. The monoisotopic (exact) mass is 288 g/mol. The number of carbonyl (C=O) groups excluding carboxylic acids is 1. The second-order valence-electron chi connectivity index (χ2n) is 6.11. The lowest BCUT2D eigenvalue weighted by atomic mass is 9.89. The first-order valence-electron chi connectivity index (χ1n) is 7.95. The Kier molecular flexibility index (Phi) is 4.56. The van der Waals surface area contributed by atoms with Gasteiger partial charge in [-0.05, 0) is 37.3 Å². The minimum Gasteiger partial charge on any atom is -0.368 e. The molecule has 0 aliphatic carbocycles. The van der Waals surface area contributed by atoms with Gasteiger partial charge < -0.3 is 15.4 Å². The first kappa shape index (κ1) is 14.5. The van der Waals surface area contributed by atoms with E-state index in [2.05, 4.69) is 24.3 Å². The molecule has 2 N–H and O–H groups in total. The van der Waals surface area contributed by atoms with E-state index in [-0.39, 0.29) is 12.0 Å². The van der Waals surface area contributed by atoms with Crippen molar-refractivity contribution in [2.24, 2.45) is 11.7 Å². The van der Waals surface area contributed by atoms with Gasteiger partial charge in [-0.3, -0.25) is 4.79 Å². The fourth-order valence-electron chi connectivity index (χ4n) is 3.51. The maximum Gasteiger partial charge on any atom is 0.251 e. The maximum atomic E-state index is 12.6. The van der Waals surface area contributed by atoms with Crippen LogP contribution in [0.15, 0.2) is 30.3 Å². The number of likely N-dealkylation sites (tertiary alicyclic amines) is 1. The Balaban J connectivity index is 1.70. The van der Waals surface area contributed by atoms with E-state index in [1.165, 1.54) is 5.56 Å². The lowest BCUT2D eigenvalue weighted by Crippen LogP contribution is -2.41. The molecule has 2 fully saturated rings. The average molecular weight is 288 g/mol. The molecule has 0 spiro atoms. The highest BCUT2D eigenvalue weighted by Crippen LogP contribution is 2.33. The first-order chi connectivity index (χ1) is 10.3. The lowest BCUT2D eigenvalue weighted by Gasteiger charge is -2.26. The van der Waals surface area contributed by atoms with Crippen LogP contribution in [0, 0.1) is 5.92 Å². The lowest BCUT2D eigenvalue weighted by molar-refractivity contribution is -0.145. The van der Waals surface area contributed by atoms with Gasteiger partial charge in [-0.1, -0.05) is 30.3 Å². The van der Waals surface area contributed by atoms with Crippen molar-refractivity contribution in [2.75, 3.05) is 26.2 Å². The van der Waals surface area contributed by atoms with Gasteiger partial charge >= 0.3 is 0 Å². The summed E-state index contributed by atoms with van der Waals surface area (Å²) in [6.45, 7) is 2.86. The topological polar surface area (TPSA) is 55.6 Å². The molecule has 3 atom stereocenters. The zero-order valence-electron chi connectivity index (χ0n) is 12.4. The summed E-state index contributed by atoms with van der Waals surface area (Å²) in [7, 11) is 0. The number of rotatable bonds is 3. The van der Waals surface area contributed by atoms with E-state index in [1.807, 2.05) is 11.0 Å². The van der Waals surface area contributed by atoms with Crippen LogP contribution in [-0.2, 0) is 9.53 Å². The summed E-state index contributed by atoms with van der Waals surface area (Å²) in [5, 5.41) is 0. The summed E-state index contributed by atoms with van der Waals surface area (Å²) in [5.41, 5.74) is 7.22. The SMILES string of the molecule is NC[C@@H]1CN(C(=O)C2CCCCO2)C[C@H]1c1ccccc1. The van der Waals surface area contributed by atoms with E-state index < -0.39 is 0 Å². The zero-order chi connectivity index (χ0) is 14.7. The van der Waals surface area contributed by atoms with Gasteiger partial charge in [0.1, 0.15) is 6.10 Å². The Morgan fingerprint density at radius 2 is 2.05 bits per heavy atom. The van der Waals surface area contributed by atoms with Gasteiger partial charge in [0.25, 0.3) is 5.91 Å². The van der Waals surface area contributed by atoms with Crippen LogP contribution in [0.5, 0.6) is 0 Å². The summed E-state index contributed by atoms with van der Waals surface area (Å²) in [6.07, 6.45) is 2.79. The van der Waals surface area contributed by atoms with Gasteiger partial charge in [0, 0.05) is 25.6 Å². The highest BCUT2D eigenvalue weighted by molar-refractivity contribution is 5.81. The summed E-state index contributed by atoms with van der Waals surface area (Å²) >= 11 is 0. The average Bonchev–Trinajstić information content (AvgIpc) is 3.00. The fourth-order valence-corrected chi connectivity index (χ4v) is 3.51. The quantitative estimate of drug-likeness (QED) is 0.922. The van der Waals surface area contributed by atoms with E-state index >= 15 is 0 Å². The molecule has 2 saturated heterocycles. The van der Waals surface area contributed by atoms with Crippen LogP contribution < -0.4 is 5.73 Å². The molecule has 1 unspecified atom stereocenters. The van der Waals surface area contributed by atoms with Crippen molar-refractivity contribution in [1.29, 1.82) is 0 Å². The first-order valence-corrected chi connectivity index (χ1v) is 7.95. The van der Waals surface area contributed by atoms with Crippen molar-refractivity contribution in [1.82, 2.24) is 4.90 Å². The van der Waals surface area contributed by atoms with Crippen LogP contribution in [0.25, 0.3) is 0 Å². The van der Waals surface area contributed by atoms with Gasteiger partial charge in [0.2, 0.25) is 0 Å². The van der Waals surface area contributed by atoms with E-state index in [1.54, 1.807) is 0 Å². The van der Waals surface area contributed by atoms with Gasteiger partial charge in [-0.15, -0.1) is 0 Å². The molecular weight excluding hydrogens is 264 g/mol. The van der Waals surface area contributed by atoms with Gasteiger partial charge in [0.05, 0.1) is 0 Å². The van der Waals surface area contributed by atoms with Crippen molar-refractivity contribution < 1.29 is 9.53 Å². The number of hydrogen-bond acceptors (Lipinski definition) is 3. The van der Waals surface area contributed by atoms with Gasteiger partial charge in [-0.2, -0.15) is 0 Å². The number of benzene rings is 1. The summed E-state index contributed by atoms with van der Waals surface area (Å²) in [5.74, 6) is 0.857. The fraction of sp³-hybridized carbons (Fsp3) is 0.588. The maximum absolute atomic E-state index is 12.6. The Hall–Kier alpha value is -1.39. The van der Waals surface area contributed by atoms with Crippen LogP contribution in [0.2, 0.25) is 0 Å². The molecule has 0 bridgehead atoms. The third kappa shape index (κ3) is 3.11. The predicted octanol–water partition coefficient (Wildman–Crippen LogP) is 1.76. The number of nitrogens with two attached hydrogens (primary N) is 1. The largest absolute Gasteiger partial charge is 0.368 e. The van der Waals surface area contributed by atoms with Crippen molar-refractivity contribution in [3.05, 3.63) is 35.9 Å². The number of amides is 1. The van der Waals surface area contributed by atoms with E-state index in [0.29, 0.717) is 25.0 Å². The van der Waals surface area contributed by atoms with Crippen LogP contribution in [0.4, 0.5) is 0 Å². The van der Waals surface area contributed by atoms with Crippen molar-refractivity contribution in [3.8, 4) is 0 Å². The Bertz CT molecular complexity index is 471. The normalized spacial score (nSPS) is 29.6. The molecule has 2 heterocycles. The summed E-state index contributed by atoms with van der Waals surface area (Å²) in [6, 6.07) is 10.4. The molecule has 3 rings (SSSR count). The molecule has 2 aliphatic rings.